The molecule has 1 aromatic rings. The molecule has 116 valence electrons. The van der Waals surface area contributed by atoms with Gasteiger partial charge in [0.15, 0.2) is 0 Å². The zero-order valence-corrected chi connectivity index (χ0v) is 13.6. The van der Waals surface area contributed by atoms with Crippen LogP contribution >= 0.6 is 0 Å². The van der Waals surface area contributed by atoms with Gasteiger partial charge in [-0.15, -0.1) is 0 Å². The molecule has 1 aliphatic carbocycles. The summed E-state index contributed by atoms with van der Waals surface area (Å²) in [5, 5.41) is 3.25. The molecule has 2 rings (SSSR count). The molecule has 1 fully saturated rings. The van der Waals surface area contributed by atoms with Crippen molar-refractivity contribution in [2.45, 2.75) is 58.4 Å². The smallest absolute Gasteiger partial charge is 0.230 e. The molecule has 1 amide bonds. The van der Waals surface area contributed by atoms with Crippen LogP contribution in [0.25, 0.3) is 0 Å². The summed E-state index contributed by atoms with van der Waals surface area (Å²) in [5.41, 5.74) is 6.93. The topological polar surface area (TPSA) is 55.1 Å². The minimum atomic E-state index is -0.528. The van der Waals surface area contributed by atoms with Crippen LogP contribution in [-0.4, -0.2) is 11.9 Å². The fourth-order valence-electron chi connectivity index (χ4n) is 3.08. The van der Waals surface area contributed by atoms with E-state index in [0.29, 0.717) is 12.0 Å². The molecule has 21 heavy (non-hydrogen) atoms. The van der Waals surface area contributed by atoms with Gasteiger partial charge in [0.1, 0.15) is 0 Å². The second-order valence-electron chi connectivity index (χ2n) is 7.19. The summed E-state index contributed by atoms with van der Waals surface area (Å²) in [4.78, 5) is 12.7. The number of hydrogen-bond acceptors (Lipinski definition) is 2. The van der Waals surface area contributed by atoms with Crippen LogP contribution in [0.5, 0.6) is 0 Å². The lowest BCUT2D eigenvalue weighted by Gasteiger charge is -2.35. The van der Waals surface area contributed by atoms with Gasteiger partial charge in [0.2, 0.25) is 5.91 Å². The van der Waals surface area contributed by atoms with E-state index >= 15 is 0 Å². The van der Waals surface area contributed by atoms with Crippen molar-refractivity contribution in [2.24, 2.45) is 11.8 Å². The molecule has 0 spiro atoms. The van der Waals surface area contributed by atoms with E-state index in [0.717, 1.165) is 30.0 Å². The second kappa shape index (κ2) is 6.08. The molecule has 0 aromatic heterocycles. The molecular formula is C18H28N2O. The first-order chi connectivity index (χ1) is 9.80. The van der Waals surface area contributed by atoms with Crippen LogP contribution in [0.15, 0.2) is 24.3 Å². The highest BCUT2D eigenvalue weighted by Crippen LogP contribution is 2.30. The second-order valence-corrected chi connectivity index (χ2v) is 7.19. The Morgan fingerprint density at radius 1 is 1.14 bits per heavy atom. The number of nitrogens with one attached hydrogen (secondary N) is 1. The maximum absolute atomic E-state index is 12.7. The van der Waals surface area contributed by atoms with Gasteiger partial charge in [-0.05, 0) is 62.6 Å². The first-order valence-electron chi connectivity index (χ1n) is 7.97. The Morgan fingerprint density at radius 2 is 1.76 bits per heavy atom. The third-order valence-corrected chi connectivity index (χ3v) is 5.13. The van der Waals surface area contributed by atoms with Crippen molar-refractivity contribution in [2.75, 3.05) is 5.73 Å². The molecule has 1 aliphatic rings. The number of hydrogen-bond donors (Lipinski definition) is 2. The molecule has 0 heterocycles. The third kappa shape index (κ3) is 3.58. The number of carbonyl (C=O) groups excluding carboxylic acids is 1. The summed E-state index contributed by atoms with van der Waals surface area (Å²) in [7, 11) is 0. The molecule has 3 heteroatoms. The van der Waals surface area contributed by atoms with Gasteiger partial charge in [0.05, 0.1) is 5.41 Å². The monoisotopic (exact) mass is 288 g/mol. The minimum Gasteiger partial charge on any atom is -0.399 e. The standard InChI is InChI=1S/C18H28N2O/c1-12-5-10-16(11-13(12)2)20-17(21)18(3,4)14-6-8-15(19)9-7-14/h6-9,12-13,16H,5,10-11,19H2,1-4H3,(H,20,21). The Hall–Kier alpha value is -1.51. The molecule has 3 nitrogen and oxygen atoms in total. The van der Waals surface area contributed by atoms with E-state index in [1.165, 1.54) is 6.42 Å². The van der Waals surface area contributed by atoms with Gasteiger partial charge < -0.3 is 11.1 Å². The minimum absolute atomic E-state index is 0.110. The largest absolute Gasteiger partial charge is 0.399 e. The predicted octanol–water partition coefficient (Wildman–Crippen LogP) is 3.49. The average molecular weight is 288 g/mol. The van der Waals surface area contributed by atoms with Gasteiger partial charge in [-0.2, -0.15) is 0 Å². The van der Waals surface area contributed by atoms with Crippen molar-refractivity contribution >= 4 is 11.6 Å². The maximum atomic E-state index is 12.7. The van der Waals surface area contributed by atoms with E-state index in [1.807, 2.05) is 38.1 Å². The van der Waals surface area contributed by atoms with Gasteiger partial charge >= 0.3 is 0 Å². The Morgan fingerprint density at radius 3 is 2.33 bits per heavy atom. The highest BCUT2D eigenvalue weighted by Gasteiger charge is 2.33. The maximum Gasteiger partial charge on any atom is 0.230 e. The van der Waals surface area contributed by atoms with Crippen molar-refractivity contribution in [3.63, 3.8) is 0 Å². The number of nitrogens with two attached hydrogens (primary N) is 1. The SMILES string of the molecule is CC1CCC(NC(=O)C(C)(C)c2ccc(N)cc2)CC1C. The Balaban J connectivity index is 2.03. The van der Waals surface area contributed by atoms with E-state index in [9.17, 15) is 4.79 Å². The summed E-state index contributed by atoms with van der Waals surface area (Å²) in [6.07, 6.45) is 3.38. The summed E-state index contributed by atoms with van der Waals surface area (Å²) in [6, 6.07) is 7.92. The van der Waals surface area contributed by atoms with Gasteiger partial charge in [0, 0.05) is 11.7 Å². The van der Waals surface area contributed by atoms with Crippen LogP contribution < -0.4 is 11.1 Å². The zero-order chi connectivity index (χ0) is 15.6. The molecule has 3 atom stereocenters. The van der Waals surface area contributed by atoms with Crippen LogP contribution in [0.1, 0.15) is 52.5 Å². The fourth-order valence-corrected chi connectivity index (χ4v) is 3.08. The summed E-state index contributed by atoms with van der Waals surface area (Å²) >= 11 is 0. The lowest BCUT2D eigenvalue weighted by atomic mass is 9.78. The van der Waals surface area contributed by atoms with Gasteiger partial charge in [-0.25, -0.2) is 0 Å². The number of rotatable bonds is 3. The molecule has 0 saturated heterocycles. The first-order valence-corrected chi connectivity index (χ1v) is 7.97. The van der Waals surface area contributed by atoms with Crippen LogP contribution in [-0.2, 0) is 10.2 Å². The van der Waals surface area contributed by atoms with Crippen LogP contribution in [0.4, 0.5) is 5.69 Å². The Labute approximate surface area is 128 Å². The van der Waals surface area contributed by atoms with E-state index < -0.39 is 5.41 Å². The number of amides is 1. The predicted molar refractivity (Wildman–Crippen MR) is 88.0 cm³/mol. The Bertz CT molecular complexity index is 492. The lowest BCUT2D eigenvalue weighted by Crippen LogP contribution is -2.47. The highest BCUT2D eigenvalue weighted by atomic mass is 16.2. The number of anilines is 1. The molecule has 0 radical (unpaired) electrons. The zero-order valence-electron chi connectivity index (χ0n) is 13.6. The first kappa shape index (κ1) is 15.9. The van der Waals surface area contributed by atoms with E-state index in [4.69, 9.17) is 5.73 Å². The number of carbonyl (C=O) groups is 1. The van der Waals surface area contributed by atoms with Crippen LogP contribution in [0, 0.1) is 11.8 Å². The normalized spacial score (nSPS) is 26.4. The molecular weight excluding hydrogens is 260 g/mol. The van der Waals surface area contributed by atoms with Crippen LogP contribution in [0.2, 0.25) is 0 Å². The fraction of sp³-hybridized carbons (Fsp3) is 0.611. The van der Waals surface area contributed by atoms with Gasteiger partial charge in [0.25, 0.3) is 0 Å². The van der Waals surface area contributed by atoms with Crippen molar-refractivity contribution in [1.82, 2.24) is 5.32 Å². The van der Waals surface area contributed by atoms with Gasteiger partial charge in [-0.3, -0.25) is 4.79 Å². The molecule has 0 bridgehead atoms. The van der Waals surface area contributed by atoms with Crippen molar-refractivity contribution in [1.29, 1.82) is 0 Å². The highest BCUT2D eigenvalue weighted by molar-refractivity contribution is 5.87. The summed E-state index contributed by atoms with van der Waals surface area (Å²) in [6.45, 7) is 8.54. The number of nitrogen functional groups attached to an aromatic ring is 1. The summed E-state index contributed by atoms with van der Waals surface area (Å²) < 4.78 is 0. The van der Waals surface area contributed by atoms with Crippen molar-refractivity contribution in [3.05, 3.63) is 29.8 Å². The van der Waals surface area contributed by atoms with E-state index in [2.05, 4.69) is 19.2 Å². The quantitative estimate of drug-likeness (QED) is 0.837. The molecule has 0 aliphatic heterocycles. The molecule has 3 unspecified atom stereocenters. The lowest BCUT2D eigenvalue weighted by molar-refractivity contribution is -0.126. The third-order valence-electron chi connectivity index (χ3n) is 5.13. The van der Waals surface area contributed by atoms with E-state index in [-0.39, 0.29) is 5.91 Å². The van der Waals surface area contributed by atoms with Crippen LogP contribution in [0.3, 0.4) is 0 Å². The summed E-state index contributed by atoms with van der Waals surface area (Å²) in [5.74, 6) is 1.56. The van der Waals surface area contributed by atoms with Crippen molar-refractivity contribution < 1.29 is 4.79 Å². The number of benzene rings is 1. The average Bonchev–Trinajstić information content (AvgIpc) is 2.43. The van der Waals surface area contributed by atoms with Gasteiger partial charge in [-0.1, -0.05) is 26.0 Å². The van der Waals surface area contributed by atoms with Crippen molar-refractivity contribution in [3.8, 4) is 0 Å². The molecule has 3 N–H and O–H groups in total. The molecule has 1 aromatic carbocycles. The molecule has 1 saturated carbocycles. The van der Waals surface area contributed by atoms with E-state index in [1.54, 1.807) is 0 Å². The Kier molecular flexibility index (Phi) is 4.60.